The fraction of sp³-hybridized carbons (Fsp3) is 0.214. The van der Waals surface area contributed by atoms with Gasteiger partial charge in [-0.2, -0.15) is 0 Å². The van der Waals surface area contributed by atoms with Crippen molar-refractivity contribution in [2.45, 2.75) is 19.4 Å². The third kappa shape index (κ3) is 3.15. The van der Waals surface area contributed by atoms with Crippen LogP contribution in [0.25, 0.3) is 0 Å². The van der Waals surface area contributed by atoms with Gasteiger partial charge in [0.25, 0.3) is 0 Å². The summed E-state index contributed by atoms with van der Waals surface area (Å²) in [7, 11) is 0. The Balaban J connectivity index is 2.16. The first kappa shape index (κ1) is 13.2. The molecule has 2 nitrogen and oxygen atoms in total. The highest BCUT2D eigenvalue weighted by atomic mass is 79.9. The van der Waals surface area contributed by atoms with Gasteiger partial charge in [-0.05, 0) is 51.7 Å². The van der Waals surface area contributed by atoms with Gasteiger partial charge < -0.3 is 5.11 Å². The minimum atomic E-state index is -0.630. The van der Waals surface area contributed by atoms with Crippen LogP contribution in [-0.4, -0.2) is 10.1 Å². The molecule has 0 aliphatic carbocycles. The Hall–Kier alpha value is -1.26. The van der Waals surface area contributed by atoms with Gasteiger partial charge in [-0.25, -0.2) is 4.39 Å². The molecule has 0 radical (unpaired) electrons. The molecule has 1 atom stereocenters. The predicted octanol–water partition coefficient (Wildman–Crippen LogP) is 3.57. The van der Waals surface area contributed by atoms with Gasteiger partial charge in [0, 0.05) is 18.8 Å². The number of halogens is 2. The van der Waals surface area contributed by atoms with Gasteiger partial charge in [-0.15, -0.1) is 0 Å². The molecule has 1 N–H and O–H groups in total. The van der Waals surface area contributed by atoms with E-state index in [9.17, 15) is 9.50 Å². The van der Waals surface area contributed by atoms with E-state index in [2.05, 4.69) is 20.9 Å². The summed E-state index contributed by atoms with van der Waals surface area (Å²) >= 11 is 3.13. The van der Waals surface area contributed by atoms with Crippen LogP contribution in [0, 0.1) is 12.7 Å². The molecule has 0 amide bonds. The van der Waals surface area contributed by atoms with Crippen molar-refractivity contribution < 1.29 is 9.50 Å². The summed E-state index contributed by atoms with van der Waals surface area (Å²) in [5, 5.41) is 10.1. The molecule has 0 spiro atoms. The summed E-state index contributed by atoms with van der Waals surface area (Å²) in [5.74, 6) is -0.300. The number of rotatable bonds is 3. The molecule has 1 aromatic heterocycles. The molecule has 0 saturated carbocycles. The molecule has 0 fully saturated rings. The van der Waals surface area contributed by atoms with E-state index in [-0.39, 0.29) is 5.82 Å². The number of hydrogen-bond donors (Lipinski definition) is 1. The Morgan fingerprint density at radius 3 is 2.78 bits per heavy atom. The average molecular weight is 310 g/mol. The molecule has 0 bridgehead atoms. The van der Waals surface area contributed by atoms with Crippen LogP contribution in [-0.2, 0) is 6.42 Å². The highest BCUT2D eigenvalue weighted by molar-refractivity contribution is 9.10. The first-order chi connectivity index (χ1) is 8.56. The summed E-state index contributed by atoms with van der Waals surface area (Å²) < 4.78 is 13.5. The molecule has 2 aromatic rings. The van der Waals surface area contributed by atoms with Crippen LogP contribution in [0.2, 0.25) is 0 Å². The lowest BCUT2D eigenvalue weighted by Gasteiger charge is -2.11. The van der Waals surface area contributed by atoms with Crippen molar-refractivity contribution in [3.63, 3.8) is 0 Å². The van der Waals surface area contributed by atoms with E-state index in [0.717, 1.165) is 16.7 Å². The summed E-state index contributed by atoms with van der Waals surface area (Å²) in [5.41, 5.74) is 2.65. The first-order valence-electron chi connectivity index (χ1n) is 5.60. The Morgan fingerprint density at radius 2 is 2.11 bits per heavy atom. The minimum Gasteiger partial charge on any atom is -0.388 e. The molecular formula is C14H13BrFNO. The van der Waals surface area contributed by atoms with Crippen molar-refractivity contribution in [3.8, 4) is 0 Å². The van der Waals surface area contributed by atoms with Crippen LogP contribution in [0.5, 0.6) is 0 Å². The molecule has 1 unspecified atom stereocenters. The van der Waals surface area contributed by atoms with Crippen molar-refractivity contribution in [2.24, 2.45) is 0 Å². The number of nitrogens with zero attached hydrogens (tertiary/aromatic N) is 1. The van der Waals surface area contributed by atoms with E-state index < -0.39 is 6.10 Å². The van der Waals surface area contributed by atoms with Gasteiger partial charge in [-0.3, -0.25) is 4.98 Å². The molecule has 0 aliphatic rings. The number of aryl methyl sites for hydroxylation is 1. The summed E-state index contributed by atoms with van der Waals surface area (Å²) in [4.78, 5) is 4.05. The second-order valence-electron chi connectivity index (χ2n) is 4.26. The van der Waals surface area contributed by atoms with Gasteiger partial charge in [0.05, 0.1) is 10.6 Å². The van der Waals surface area contributed by atoms with Gasteiger partial charge in [-0.1, -0.05) is 12.1 Å². The number of hydrogen-bond acceptors (Lipinski definition) is 2. The van der Waals surface area contributed by atoms with E-state index in [0.29, 0.717) is 10.9 Å². The van der Waals surface area contributed by atoms with E-state index in [4.69, 9.17) is 0 Å². The summed E-state index contributed by atoms with van der Waals surface area (Å²) in [6.45, 7) is 1.93. The number of aliphatic hydroxyl groups excluding tert-OH is 1. The van der Waals surface area contributed by atoms with Crippen LogP contribution in [0.4, 0.5) is 4.39 Å². The zero-order chi connectivity index (χ0) is 13.1. The maximum absolute atomic E-state index is 13.1. The molecule has 4 heteroatoms. The third-order valence-electron chi connectivity index (χ3n) is 2.69. The fourth-order valence-corrected chi connectivity index (χ4v) is 2.19. The molecule has 18 heavy (non-hydrogen) atoms. The highest BCUT2D eigenvalue weighted by Crippen LogP contribution is 2.22. The van der Waals surface area contributed by atoms with E-state index >= 15 is 0 Å². The second-order valence-corrected chi connectivity index (χ2v) is 5.12. The number of aromatic nitrogens is 1. The molecule has 94 valence electrons. The number of aliphatic hydroxyl groups is 1. The molecule has 0 aliphatic heterocycles. The summed E-state index contributed by atoms with van der Waals surface area (Å²) in [6.07, 6.45) is 3.19. The lowest BCUT2D eigenvalue weighted by Crippen LogP contribution is -2.03. The maximum Gasteiger partial charge on any atom is 0.137 e. The summed E-state index contributed by atoms with van der Waals surface area (Å²) in [6, 6.07) is 6.64. The normalized spacial score (nSPS) is 12.4. The Kier molecular flexibility index (Phi) is 4.09. The molecular weight excluding hydrogens is 297 g/mol. The van der Waals surface area contributed by atoms with Crippen LogP contribution < -0.4 is 0 Å². The first-order valence-corrected chi connectivity index (χ1v) is 6.39. The minimum absolute atomic E-state index is 0.300. The molecule has 1 aromatic carbocycles. The number of benzene rings is 1. The second kappa shape index (κ2) is 5.59. The van der Waals surface area contributed by atoms with Gasteiger partial charge >= 0.3 is 0 Å². The molecule has 0 saturated heterocycles. The van der Waals surface area contributed by atoms with E-state index in [1.807, 2.05) is 13.0 Å². The monoisotopic (exact) mass is 309 g/mol. The Morgan fingerprint density at radius 1 is 1.33 bits per heavy atom. The Bertz CT molecular complexity index is 559. The SMILES string of the molecule is Cc1cncc(C(O)Cc2ccc(F)c(Br)c2)c1. The smallest absolute Gasteiger partial charge is 0.137 e. The maximum atomic E-state index is 13.1. The van der Waals surface area contributed by atoms with E-state index in [1.165, 1.54) is 6.07 Å². The van der Waals surface area contributed by atoms with Crippen molar-refractivity contribution in [1.29, 1.82) is 0 Å². The van der Waals surface area contributed by atoms with E-state index in [1.54, 1.807) is 24.5 Å². The van der Waals surface area contributed by atoms with Crippen molar-refractivity contribution in [3.05, 3.63) is 63.6 Å². The quantitative estimate of drug-likeness (QED) is 0.940. The fourth-order valence-electron chi connectivity index (χ4n) is 1.77. The highest BCUT2D eigenvalue weighted by Gasteiger charge is 2.10. The topological polar surface area (TPSA) is 33.1 Å². The molecule has 1 heterocycles. The van der Waals surface area contributed by atoms with Crippen molar-refractivity contribution in [1.82, 2.24) is 4.98 Å². The largest absolute Gasteiger partial charge is 0.388 e. The van der Waals surface area contributed by atoms with Crippen LogP contribution in [0.1, 0.15) is 22.8 Å². The van der Waals surface area contributed by atoms with Gasteiger partial charge in [0.2, 0.25) is 0 Å². The predicted molar refractivity (Wildman–Crippen MR) is 71.7 cm³/mol. The van der Waals surface area contributed by atoms with Crippen molar-refractivity contribution >= 4 is 15.9 Å². The lowest BCUT2D eigenvalue weighted by atomic mass is 10.0. The van der Waals surface area contributed by atoms with Crippen LogP contribution in [0.3, 0.4) is 0 Å². The lowest BCUT2D eigenvalue weighted by molar-refractivity contribution is 0.178. The zero-order valence-corrected chi connectivity index (χ0v) is 11.5. The van der Waals surface area contributed by atoms with Crippen LogP contribution >= 0.6 is 15.9 Å². The average Bonchev–Trinajstić information content (AvgIpc) is 2.34. The Labute approximate surface area is 114 Å². The standard InChI is InChI=1S/C14H13BrFNO/c1-9-4-11(8-17-7-9)14(18)6-10-2-3-13(16)12(15)5-10/h2-5,7-8,14,18H,6H2,1H3. The third-order valence-corrected chi connectivity index (χ3v) is 3.30. The van der Waals surface area contributed by atoms with Gasteiger partial charge in [0.15, 0.2) is 0 Å². The number of pyridine rings is 1. The molecule has 2 rings (SSSR count). The van der Waals surface area contributed by atoms with Crippen LogP contribution in [0.15, 0.2) is 41.1 Å². The van der Waals surface area contributed by atoms with Crippen molar-refractivity contribution in [2.75, 3.05) is 0 Å². The zero-order valence-electron chi connectivity index (χ0n) is 9.90. The van der Waals surface area contributed by atoms with Gasteiger partial charge in [0.1, 0.15) is 5.82 Å².